The van der Waals surface area contributed by atoms with Gasteiger partial charge < -0.3 is 10.2 Å². The van der Waals surface area contributed by atoms with Gasteiger partial charge in [0.05, 0.1) is 0 Å². The Balaban J connectivity index is 1.87. The molecule has 0 radical (unpaired) electrons. The van der Waals surface area contributed by atoms with Crippen LogP contribution in [0.15, 0.2) is 24.3 Å². The van der Waals surface area contributed by atoms with E-state index in [1.54, 1.807) is 0 Å². The molecule has 2 atom stereocenters. The second kappa shape index (κ2) is 7.28. The highest BCUT2D eigenvalue weighted by molar-refractivity contribution is 6.30. The Bertz CT molecular complexity index is 377. The standard InChI is InChI=1S/C16H25ClN2/c1-13-4-3-10-19(12-13)11-9-16(18-2)14-5-7-15(17)8-6-14/h5-8,13,16,18H,3-4,9-12H2,1-2H3. The third-order valence-corrected chi connectivity index (χ3v) is 4.35. The van der Waals surface area contributed by atoms with E-state index in [4.69, 9.17) is 11.6 Å². The minimum atomic E-state index is 0.425. The first-order chi connectivity index (χ1) is 9.19. The lowest BCUT2D eigenvalue weighted by Gasteiger charge is -2.32. The second-order valence-corrected chi connectivity index (χ2v) is 6.17. The zero-order valence-electron chi connectivity index (χ0n) is 12.0. The number of rotatable bonds is 5. The van der Waals surface area contributed by atoms with Crippen LogP contribution in [0, 0.1) is 5.92 Å². The Morgan fingerprint density at radius 3 is 2.74 bits per heavy atom. The molecule has 1 saturated heterocycles. The van der Waals surface area contributed by atoms with Gasteiger partial charge in [-0.3, -0.25) is 0 Å². The largest absolute Gasteiger partial charge is 0.313 e. The Morgan fingerprint density at radius 1 is 1.37 bits per heavy atom. The summed E-state index contributed by atoms with van der Waals surface area (Å²) < 4.78 is 0. The number of nitrogens with one attached hydrogen (secondary N) is 1. The molecule has 2 unspecified atom stereocenters. The van der Waals surface area contributed by atoms with E-state index in [0.717, 1.165) is 17.4 Å². The van der Waals surface area contributed by atoms with Crippen molar-refractivity contribution in [3.05, 3.63) is 34.9 Å². The fourth-order valence-corrected chi connectivity index (χ4v) is 3.10. The lowest BCUT2D eigenvalue weighted by molar-refractivity contribution is 0.176. The van der Waals surface area contributed by atoms with Crippen LogP contribution < -0.4 is 5.32 Å². The van der Waals surface area contributed by atoms with Crippen LogP contribution in [0.5, 0.6) is 0 Å². The first kappa shape index (κ1) is 14.8. The number of benzene rings is 1. The predicted octanol–water partition coefficient (Wildman–Crippen LogP) is 3.72. The molecule has 2 nitrogen and oxygen atoms in total. The van der Waals surface area contributed by atoms with Gasteiger partial charge in [0.15, 0.2) is 0 Å². The molecule has 1 aliphatic heterocycles. The number of halogens is 1. The highest BCUT2D eigenvalue weighted by atomic mass is 35.5. The van der Waals surface area contributed by atoms with E-state index in [0.29, 0.717) is 6.04 Å². The summed E-state index contributed by atoms with van der Waals surface area (Å²) in [4.78, 5) is 2.61. The minimum Gasteiger partial charge on any atom is -0.313 e. The summed E-state index contributed by atoms with van der Waals surface area (Å²) in [7, 11) is 2.04. The van der Waals surface area contributed by atoms with Crippen LogP contribution in [0.4, 0.5) is 0 Å². The normalized spacial score (nSPS) is 22.4. The van der Waals surface area contributed by atoms with Crippen molar-refractivity contribution in [1.29, 1.82) is 0 Å². The molecule has 19 heavy (non-hydrogen) atoms. The van der Waals surface area contributed by atoms with E-state index < -0.39 is 0 Å². The van der Waals surface area contributed by atoms with Gasteiger partial charge in [-0.1, -0.05) is 30.7 Å². The molecule has 0 aromatic heterocycles. The molecule has 1 aromatic carbocycles. The molecule has 1 heterocycles. The van der Waals surface area contributed by atoms with Crippen LogP contribution in [-0.4, -0.2) is 31.6 Å². The fourth-order valence-electron chi connectivity index (χ4n) is 2.97. The minimum absolute atomic E-state index is 0.425. The Labute approximate surface area is 122 Å². The van der Waals surface area contributed by atoms with Crippen molar-refractivity contribution < 1.29 is 0 Å². The third-order valence-electron chi connectivity index (χ3n) is 4.10. The summed E-state index contributed by atoms with van der Waals surface area (Å²) in [5, 5.41) is 4.23. The van der Waals surface area contributed by atoms with Gasteiger partial charge in [-0.25, -0.2) is 0 Å². The molecule has 0 aliphatic carbocycles. The topological polar surface area (TPSA) is 15.3 Å². The quantitative estimate of drug-likeness (QED) is 0.884. The molecule has 1 aliphatic rings. The smallest absolute Gasteiger partial charge is 0.0406 e. The Kier molecular flexibility index (Phi) is 5.68. The average Bonchev–Trinajstić information content (AvgIpc) is 2.41. The third kappa shape index (κ3) is 4.48. The highest BCUT2D eigenvalue weighted by Gasteiger charge is 2.17. The van der Waals surface area contributed by atoms with Gasteiger partial charge in [0.1, 0.15) is 0 Å². The van der Waals surface area contributed by atoms with Gasteiger partial charge in [-0.15, -0.1) is 0 Å². The van der Waals surface area contributed by atoms with Crippen LogP contribution in [0.1, 0.15) is 37.8 Å². The number of piperidine rings is 1. The molecular weight excluding hydrogens is 256 g/mol. The van der Waals surface area contributed by atoms with Crippen LogP contribution in [-0.2, 0) is 0 Å². The number of likely N-dealkylation sites (tertiary alicyclic amines) is 1. The summed E-state index contributed by atoms with van der Waals surface area (Å²) in [6.45, 7) is 6.07. The molecule has 106 valence electrons. The van der Waals surface area contributed by atoms with Gasteiger partial charge in [-0.05, 0) is 63.0 Å². The lowest BCUT2D eigenvalue weighted by Crippen LogP contribution is -2.36. The van der Waals surface area contributed by atoms with Gasteiger partial charge in [0.2, 0.25) is 0 Å². The highest BCUT2D eigenvalue weighted by Crippen LogP contribution is 2.21. The Hall–Kier alpha value is -0.570. The molecule has 0 bridgehead atoms. The van der Waals surface area contributed by atoms with Crippen LogP contribution in [0.25, 0.3) is 0 Å². The maximum absolute atomic E-state index is 5.95. The molecule has 1 aromatic rings. The molecular formula is C16H25ClN2. The zero-order chi connectivity index (χ0) is 13.7. The SMILES string of the molecule is CNC(CCN1CCCC(C)C1)c1ccc(Cl)cc1. The van der Waals surface area contributed by atoms with Crippen LogP contribution in [0.3, 0.4) is 0 Å². The maximum atomic E-state index is 5.95. The fraction of sp³-hybridized carbons (Fsp3) is 0.625. The predicted molar refractivity (Wildman–Crippen MR) is 82.7 cm³/mol. The first-order valence-corrected chi connectivity index (χ1v) is 7.72. The molecule has 0 saturated carbocycles. The summed E-state index contributed by atoms with van der Waals surface area (Å²) >= 11 is 5.95. The van der Waals surface area contributed by atoms with Gasteiger partial charge >= 0.3 is 0 Å². The zero-order valence-corrected chi connectivity index (χ0v) is 12.8. The first-order valence-electron chi connectivity index (χ1n) is 7.34. The van der Waals surface area contributed by atoms with Crippen molar-refractivity contribution in [2.24, 2.45) is 5.92 Å². The second-order valence-electron chi connectivity index (χ2n) is 5.73. The molecule has 1 fully saturated rings. The van der Waals surface area contributed by atoms with Gasteiger partial charge in [0, 0.05) is 17.6 Å². The maximum Gasteiger partial charge on any atom is 0.0406 e. The molecule has 3 heteroatoms. The van der Waals surface area contributed by atoms with Crippen molar-refractivity contribution in [3.63, 3.8) is 0 Å². The van der Waals surface area contributed by atoms with Crippen molar-refractivity contribution in [1.82, 2.24) is 10.2 Å². The number of hydrogen-bond donors (Lipinski definition) is 1. The van der Waals surface area contributed by atoms with Gasteiger partial charge in [-0.2, -0.15) is 0 Å². The molecule has 0 spiro atoms. The van der Waals surface area contributed by atoms with Crippen LogP contribution >= 0.6 is 11.6 Å². The summed E-state index contributed by atoms with van der Waals surface area (Å²) in [6, 6.07) is 8.63. The number of nitrogens with zero attached hydrogens (tertiary/aromatic N) is 1. The van der Waals surface area contributed by atoms with Gasteiger partial charge in [0.25, 0.3) is 0 Å². The van der Waals surface area contributed by atoms with E-state index >= 15 is 0 Å². The molecule has 2 rings (SSSR count). The Morgan fingerprint density at radius 2 is 2.11 bits per heavy atom. The summed E-state index contributed by atoms with van der Waals surface area (Å²) in [5.74, 6) is 0.859. The monoisotopic (exact) mass is 280 g/mol. The van der Waals surface area contributed by atoms with E-state index in [1.165, 1.54) is 38.0 Å². The van der Waals surface area contributed by atoms with Crippen molar-refractivity contribution in [2.75, 3.05) is 26.7 Å². The lowest BCUT2D eigenvalue weighted by atomic mass is 9.99. The average molecular weight is 281 g/mol. The van der Waals surface area contributed by atoms with E-state index in [1.807, 2.05) is 19.2 Å². The van der Waals surface area contributed by atoms with Crippen molar-refractivity contribution in [2.45, 2.75) is 32.2 Å². The van der Waals surface area contributed by atoms with Crippen LogP contribution in [0.2, 0.25) is 5.02 Å². The van der Waals surface area contributed by atoms with Crippen molar-refractivity contribution in [3.8, 4) is 0 Å². The van der Waals surface area contributed by atoms with E-state index in [2.05, 4.69) is 29.3 Å². The summed E-state index contributed by atoms with van der Waals surface area (Å²) in [6.07, 6.45) is 3.90. The summed E-state index contributed by atoms with van der Waals surface area (Å²) in [5.41, 5.74) is 1.33. The molecule has 0 amide bonds. The molecule has 1 N–H and O–H groups in total. The van der Waals surface area contributed by atoms with E-state index in [-0.39, 0.29) is 0 Å². The number of hydrogen-bond acceptors (Lipinski definition) is 2. The van der Waals surface area contributed by atoms with E-state index in [9.17, 15) is 0 Å². The van der Waals surface area contributed by atoms with Crippen molar-refractivity contribution >= 4 is 11.6 Å².